The Bertz CT molecular complexity index is 560. The number of benzene rings is 1. The van der Waals surface area contributed by atoms with Crippen LogP contribution < -0.4 is 9.64 Å². The molecule has 19 heavy (non-hydrogen) atoms. The third-order valence-corrected chi connectivity index (χ3v) is 2.68. The average Bonchev–Trinajstić information content (AvgIpc) is 2.37. The van der Waals surface area contributed by atoms with Crippen molar-refractivity contribution in [3.05, 3.63) is 40.1 Å². The van der Waals surface area contributed by atoms with E-state index in [1.165, 1.54) is 0 Å². The van der Waals surface area contributed by atoms with Gasteiger partial charge in [-0.1, -0.05) is 23.7 Å². The number of rotatable bonds is 4. The van der Waals surface area contributed by atoms with Crippen molar-refractivity contribution in [1.29, 1.82) is 0 Å². The van der Waals surface area contributed by atoms with E-state index in [1.807, 2.05) is 26.2 Å². The number of hydrogen-bond donors (Lipinski definition) is 0. The first kappa shape index (κ1) is 13.8. The molecule has 0 atom stereocenters. The molecule has 0 fully saturated rings. The summed E-state index contributed by atoms with van der Waals surface area (Å²) in [6.07, 6.45) is 0. The van der Waals surface area contributed by atoms with E-state index in [1.54, 1.807) is 17.0 Å². The number of halogens is 2. The van der Waals surface area contributed by atoms with Crippen molar-refractivity contribution in [1.82, 2.24) is 15.0 Å². The normalized spacial score (nSPS) is 10.3. The van der Waals surface area contributed by atoms with Gasteiger partial charge in [0.1, 0.15) is 6.61 Å². The van der Waals surface area contributed by atoms with Gasteiger partial charge in [-0.25, -0.2) is 0 Å². The minimum Gasteiger partial charge on any atom is -0.458 e. The molecule has 0 saturated carbocycles. The van der Waals surface area contributed by atoms with Gasteiger partial charge in [-0.3, -0.25) is 0 Å². The highest BCUT2D eigenvalue weighted by Crippen LogP contribution is 2.15. The van der Waals surface area contributed by atoms with Gasteiger partial charge < -0.3 is 9.64 Å². The number of anilines is 1. The zero-order valence-electron chi connectivity index (χ0n) is 10.5. The molecule has 1 aromatic heterocycles. The Morgan fingerprint density at radius 3 is 2.37 bits per heavy atom. The molecule has 0 amide bonds. The van der Waals surface area contributed by atoms with Gasteiger partial charge in [-0.15, -0.1) is 0 Å². The Morgan fingerprint density at radius 1 is 1.05 bits per heavy atom. The lowest BCUT2D eigenvalue weighted by molar-refractivity contribution is 0.280. The van der Waals surface area contributed by atoms with Crippen LogP contribution in [0.2, 0.25) is 10.3 Å². The van der Waals surface area contributed by atoms with E-state index < -0.39 is 0 Å². The van der Waals surface area contributed by atoms with Gasteiger partial charge in [0.15, 0.2) is 0 Å². The van der Waals surface area contributed by atoms with Crippen molar-refractivity contribution in [2.75, 3.05) is 19.0 Å². The van der Waals surface area contributed by atoms with E-state index in [0.717, 1.165) is 5.56 Å². The van der Waals surface area contributed by atoms with Gasteiger partial charge in [0.25, 0.3) is 0 Å². The minimum absolute atomic E-state index is 0.102. The lowest BCUT2D eigenvalue weighted by Crippen LogP contribution is -2.14. The smallest absolute Gasteiger partial charge is 0.322 e. The van der Waals surface area contributed by atoms with Crippen molar-refractivity contribution >= 4 is 29.2 Å². The predicted octanol–water partition coefficient (Wildman–Crippen LogP) is 2.82. The Labute approximate surface area is 121 Å². The highest BCUT2D eigenvalue weighted by atomic mass is 35.5. The van der Waals surface area contributed by atoms with Crippen LogP contribution >= 0.6 is 23.2 Å². The highest BCUT2D eigenvalue weighted by Gasteiger charge is 2.07. The summed E-state index contributed by atoms with van der Waals surface area (Å²) in [7, 11) is 3.63. The van der Waals surface area contributed by atoms with E-state index >= 15 is 0 Å². The first-order chi connectivity index (χ1) is 9.04. The van der Waals surface area contributed by atoms with Gasteiger partial charge >= 0.3 is 6.01 Å². The summed E-state index contributed by atoms with van der Waals surface area (Å²) in [6, 6.07) is 7.53. The van der Waals surface area contributed by atoms with Crippen LogP contribution in [0.3, 0.4) is 0 Å². The molecule has 0 radical (unpaired) electrons. The van der Waals surface area contributed by atoms with Gasteiger partial charge in [0.2, 0.25) is 11.2 Å². The van der Waals surface area contributed by atoms with E-state index in [4.69, 9.17) is 27.9 Å². The third kappa shape index (κ3) is 3.94. The maximum Gasteiger partial charge on any atom is 0.322 e. The summed E-state index contributed by atoms with van der Waals surface area (Å²) in [5, 5.41) is 0.784. The highest BCUT2D eigenvalue weighted by molar-refractivity contribution is 6.30. The first-order valence-electron chi connectivity index (χ1n) is 5.51. The topological polar surface area (TPSA) is 51.1 Å². The zero-order valence-corrected chi connectivity index (χ0v) is 12.0. The Morgan fingerprint density at radius 2 is 1.74 bits per heavy atom. The molecule has 1 heterocycles. The second-order valence-electron chi connectivity index (χ2n) is 4.00. The van der Waals surface area contributed by atoms with Crippen LogP contribution in [0.25, 0.3) is 0 Å². The van der Waals surface area contributed by atoms with Crippen LogP contribution in [0.4, 0.5) is 5.95 Å². The van der Waals surface area contributed by atoms with Crippen LogP contribution in [0.5, 0.6) is 6.01 Å². The first-order valence-corrected chi connectivity index (χ1v) is 6.26. The number of nitrogens with zero attached hydrogens (tertiary/aromatic N) is 4. The lowest BCUT2D eigenvalue weighted by atomic mass is 10.2. The van der Waals surface area contributed by atoms with E-state index in [9.17, 15) is 0 Å². The molecule has 0 spiro atoms. The molecule has 2 rings (SSSR count). The fourth-order valence-corrected chi connectivity index (χ4v) is 1.59. The fourth-order valence-electron chi connectivity index (χ4n) is 1.32. The van der Waals surface area contributed by atoms with Crippen molar-refractivity contribution in [3.8, 4) is 6.01 Å². The predicted molar refractivity (Wildman–Crippen MR) is 74.9 cm³/mol. The number of aromatic nitrogens is 3. The summed E-state index contributed by atoms with van der Waals surface area (Å²) >= 11 is 11.6. The molecule has 0 N–H and O–H groups in total. The largest absolute Gasteiger partial charge is 0.458 e. The SMILES string of the molecule is CN(C)c1nc(Cl)nc(OCc2ccc(Cl)cc2)n1. The molecule has 0 bridgehead atoms. The van der Waals surface area contributed by atoms with Gasteiger partial charge in [0, 0.05) is 19.1 Å². The minimum atomic E-state index is 0.102. The summed E-state index contributed by atoms with van der Waals surface area (Å²) < 4.78 is 5.49. The molecule has 0 aliphatic heterocycles. The molecular formula is C12H12Cl2N4O. The fraction of sp³-hybridized carbons (Fsp3) is 0.250. The van der Waals surface area contributed by atoms with E-state index in [2.05, 4.69) is 15.0 Å². The monoisotopic (exact) mass is 298 g/mol. The van der Waals surface area contributed by atoms with Crippen molar-refractivity contribution in [2.24, 2.45) is 0 Å². The van der Waals surface area contributed by atoms with Crippen LogP contribution in [-0.4, -0.2) is 29.0 Å². The van der Waals surface area contributed by atoms with Crippen molar-refractivity contribution in [3.63, 3.8) is 0 Å². The molecule has 1 aromatic carbocycles. The summed E-state index contributed by atoms with van der Waals surface area (Å²) in [4.78, 5) is 13.8. The molecule has 0 saturated heterocycles. The maximum absolute atomic E-state index is 5.81. The summed E-state index contributed by atoms with van der Waals surface area (Å²) in [5.41, 5.74) is 0.965. The molecule has 0 aliphatic carbocycles. The van der Waals surface area contributed by atoms with Crippen LogP contribution in [0.1, 0.15) is 5.56 Å². The Kier molecular flexibility index (Phi) is 4.39. The quantitative estimate of drug-likeness (QED) is 0.869. The van der Waals surface area contributed by atoms with Gasteiger partial charge in [-0.05, 0) is 29.3 Å². The maximum atomic E-state index is 5.81. The van der Waals surface area contributed by atoms with E-state index in [0.29, 0.717) is 17.6 Å². The molecule has 5 nitrogen and oxygen atoms in total. The molecule has 7 heteroatoms. The molecule has 2 aromatic rings. The summed E-state index contributed by atoms with van der Waals surface area (Å²) in [6.45, 7) is 0.338. The molecular weight excluding hydrogens is 287 g/mol. The lowest BCUT2D eigenvalue weighted by Gasteiger charge is -2.11. The molecule has 0 aliphatic rings. The van der Waals surface area contributed by atoms with Crippen molar-refractivity contribution in [2.45, 2.75) is 6.61 Å². The van der Waals surface area contributed by atoms with E-state index in [-0.39, 0.29) is 11.3 Å². The zero-order chi connectivity index (χ0) is 13.8. The van der Waals surface area contributed by atoms with Gasteiger partial charge in [-0.2, -0.15) is 15.0 Å². The standard InChI is InChI=1S/C12H12Cl2N4O/c1-18(2)11-15-10(14)16-12(17-11)19-7-8-3-5-9(13)6-4-8/h3-6H,7H2,1-2H3. The van der Waals surface area contributed by atoms with Crippen LogP contribution in [0, 0.1) is 0 Å². The van der Waals surface area contributed by atoms with Crippen LogP contribution in [0.15, 0.2) is 24.3 Å². The average molecular weight is 299 g/mol. The van der Waals surface area contributed by atoms with Crippen molar-refractivity contribution < 1.29 is 4.74 Å². The second kappa shape index (κ2) is 6.04. The molecule has 0 unspecified atom stereocenters. The Balaban J connectivity index is 2.08. The van der Waals surface area contributed by atoms with Gasteiger partial charge in [0.05, 0.1) is 0 Å². The number of hydrogen-bond acceptors (Lipinski definition) is 5. The summed E-state index contributed by atoms with van der Waals surface area (Å²) in [5.74, 6) is 0.450. The molecule has 100 valence electrons. The Hall–Kier alpha value is -1.59. The number of ether oxygens (including phenoxy) is 1. The third-order valence-electron chi connectivity index (χ3n) is 2.26. The second-order valence-corrected chi connectivity index (χ2v) is 4.77. The van der Waals surface area contributed by atoms with Crippen LogP contribution in [-0.2, 0) is 6.61 Å².